The van der Waals surface area contributed by atoms with E-state index in [2.05, 4.69) is 25.6 Å². The lowest BCUT2D eigenvalue weighted by Crippen LogP contribution is -2.29. The average molecular weight is 310 g/mol. The molecule has 8 nitrogen and oxygen atoms in total. The van der Waals surface area contributed by atoms with Crippen molar-refractivity contribution >= 4 is 5.91 Å². The van der Waals surface area contributed by atoms with Crippen molar-refractivity contribution in [1.29, 1.82) is 0 Å². The molecular weight excluding hydrogens is 296 g/mol. The van der Waals surface area contributed by atoms with Gasteiger partial charge in [0, 0.05) is 42.3 Å². The van der Waals surface area contributed by atoms with Crippen molar-refractivity contribution in [3.05, 3.63) is 65.1 Å². The molecule has 0 aromatic carbocycles. The molecule has 23 heavy (non-hydrogen) atoms. The van der Waals surface area contributed by atoms with Crippen LogP contribution in [0.25, 0.3) is 11.1 Å². The number of nitrogens with one attached hydrogen (secondary N) is 2. The van der Waals surface area contributed by atoms with Crippen molar-refractivity contribution in [3.8, 4) is 11.1 Å². The van der Waals surface area contributed by atoms with E-state index in [9.17, 15) is 9.59 Å². The zero-order valence-corrected chi connectivity index (χ0v) is 12.1. The summed E-state index contributed by atoms with van der Waals surface area (Å²) >= 11 is 0. The molecule has 8 heteroatoms. The number of nitrogens with zero attached hydrogens (tertiary/aromatic N) is 4. The van der Waals surface area contributed by atoms with Gasteiger partial charge in [-0.15, -0.1) is 0 Å². The SMILES string of the molecule is O=C(NCCn1cc(-c2cccnc2)cn1)c1ccc(=O)[nH]n1. The van der Waals surface area contributed by atoms with Crippen LogP contribution in [0, 0.1) is 0 Å². The molecule has 2 N–H and O–H groups in total. The predicted molar refractivity (Wildman–Crippen MR) is 82.6 cm³/mol. The van der Waals surface area contributed by atoms with Crippen LogP contribution in [-0.2, 0) is 6.54 Å². The Morgan fingerprint density at radius 2 is 2.13 bits per heavy atom. The van der Waals surface area contributed by atoms with E-state index >= 15 is 0 Å². The Kier molecular flexibility index (Phi) is 4.23. The van der Waals surface area contributed by atoms with E-state index in [1.807, 2.05) is 18.3 Å². The molecule has 0 unspecified atom stereocenters. The van der Waals surface area contributed by atoms with Gasteiger partial charge in [-0.3, -0.25) is 19.3 Å². The van der Waals surface area contributed by atoms with Crippen molar-refractivity contribution in [3.63, 3.8) is 0 Å². The van der Waals surface area contributed by atoms with Crippen molar-refractivity contribution in [2.45, 2.75) is 6.54 Å². The lowest BCUT2D eigenvalue weighted by Gasteiger charge is -2.04. The molecule has 0 saturated carbocycles. The van der Waals surface area contributed by atoms with Gasteiger partial charge in [-0.1, -0.05) is 6.07 Å². The molecule has 116 valence electrons. The minimum absolute atomic E-state index is 0.168. The average Bonchev–Trinajstić information content (AvgIpc) is 3.05. The maximum Gasteiger partial charge on any atom is 0.271 e. The van der Waals surface area contributed by atoms with Gasteiger partial charge in [-0.2, -0.15) is 10.2 Å². The fraction of sp³-hybridized carbons (Fsp3) is 0.133. The largest absolute Gasteiger partial charge is 0.349 e. The van der Waals surface area contributed by atoms with Crippen LogP contribution in [0.4, 0.5) is 0 Å². The Morgan fingerprint density at radius 1 is 1.22 bits per heavy atom. The second kappa shape index (κ2) is 6.65. The molecule has 0 aliphatic carbocycles. The molecule has 0 saturated heterocycles. The highest BCUT2D eigenvalue weighted by atomic mass is 16.2. The molecule has 3 rings (SSSR count). The van der Waals surface area contributed by atoms with E-state index in [4.69, 9.17) is 0 Å². The van der Waals surface area contributed by atoms with E-state index in [1.165, 1.54) is 12.1 Å². The van der Waals surface area contributed by atoms with Crippen LogP contribution in [0.15, 0.2) is 53.8 Å². The van der Waals surface area contributed by atoms with Crippen LogP contribution < -0.4 is 10.9 Å². The molecule has 1 amide bonds. The lowest BCUT2D eigenvalue weighted by molar-refractivity contribution is 0.0946. The third kappa shape index (κ3) is 3.67. The Labute approximate surface area is 131 Å². The summed E-state index contributed by atoms with van der Waals surface area (Å²) < 4.78 is 1.74. The summed E-state index contributed by atoms with van der Waals surface area (Å²) in [5.74, 6) is -0.346. The van der Waals surface area contributed by atoms with Crippen molar-refractivity contribution in [2.24, 2.45) is 0 Å². The molecule has 3 aromatic heterocycles. The number of amides is 1. The Bertz CT molecular complexity index is 835. The summed E-state index contributed by atoms with van der Waals surface area (Å²) in [4.78, 5) is 26.8. The van der Waals surface area contributed by atoms with E-state index in [1.54, 1.807) is 23.3 Å². The number of carbonyl (C=O) groups is 1. The first-order chi connectivity index (χ1) is 11.2. The fourth-order valence-electron chi connectivity index (χ4n) is 2.01. The van der Waals surface area contributed by atoms with Gasteiger partial charge in [-0.25, -0.2) is 5.10 Å². The minimum atomic E-state index is -0.346. The molecule has 0 radical (unpaired) electrons. The van der Waals surface area contributed by atoms with Gasteiger partial charge in [0.2, 0.25) is 0 Å². The summed E-state index contributed by atoms with van der Waals surface area (Å²) in [6, 6.07) is 6.46. The van der Waals surface area contributed by atoms with Crippen molar-refractivity contribution in [2.75, 3.05) is 6.54 Å². The molecule has 3 aromatic rings. The number of hydrogen-bond acceptors (Lipinski definition) is 5. The third-order valence-corrected chi connectivity index (χ3v) is 3.17. The van der Waals surface area contributed by atoms with E-state index in [0.717, 1.165) is 11.1 Å². The normalized spacial score (nSPS) is 10.4. The second-order valence-electron chi connectivity index (χ2n) is 4.80. The molecule has 0 bridgehead atoms. The quantitative estimate of drug-likeness (QED) is 0.712. The molecule has 0 spiro atoms. The Hall–Kier alpha value is -3.29. The number of aromatic nitrogens is 5. The minimum Gasteiger partial charge on any atom is -0.349 e. The molecule has 0 aliphatic heterocycles. The monoisotopic (exact) mass is 310 g/mol. The maximum atomic E-state index is 11.8. The van der Waals surface area contributed by atoms with Crippen LogP contribution in [-0.4, -0.2) is 37.4 Å². The highest BCUT2D eigenvalue weighted by Gasteiger charge is 2.07. The number of rotatable bonds is 5. The molecule has 0 aliphatic rings. The van der Waals surface area contributed by atoms with Crippen LogP contribution in [0.2, 0.25) is 0 Å². The van der Waals surface area contributed by atoms with Gasteiger partial charge < -0.3 is 5.32 Å². The zero-order chi connectivity index (χ0) is 16.1. The molecule has 0 atom stereocenters. The highest BCUT2D eigenvalue weighted by Crippen LogP contribution is 2.16. The first-order valence-electron chi connectivity index (χ1n) is 6.99. The van der Waals surface area contributed by atoms with Crippen LogP contribution in [0.1, 0.15) is 10.5 Å². The van der Waals surface area contributed by atoms with E-state index in [-0.39, 0.29) is 17.2 Å². The van der Waals surface area contributed by atoms with Gasteiger partial charge in [0.1, 0.15) is 5.69 Å². The first kappa shape index (κ1) is 14.6. The summed E-state index contributed by atoms with van der Waals surface area (Å²) in [6.45, 7) is 0.920. The standard InChI is InChI=1S/C15H14N6O2/c22-14-4-3-13(19-20-14)15(23)17-6-7-21-10-12(9-18-21)11-2-1-5-16-8-11/h1-5,8-10H,6-7H2,(H,17,23)(H,20,22). The number of H-pyrrole nitrogens is 1. The Morgan fingerprint density at radius 3 is 2.87 bits per heavy atom. The molecular formula is C15H14N6O2. The van der Waals surface area contributed by atoms with Crippen LogP contribution >= 0.6 is 0 Å². The van der Waals surface area contributed by atoms with E-state index in [0.29, 0.717) is 13.1 Å². The number of hydrogen-bond donors (Lipinski definition) is 2. The fourth-order valence-corrected chi connectivity index (χ4v) is 2.01. The third-order valence-electron chi connectivity index (χ3n) is 3.17. The maximum absolute atomic E-state index is 11.8. The number of pyridine rings is 1. The van der Waals surface area contributed by atoms with Gasteiger partial charge in [0.15, 0.2) is 0 Å². The van der Waals surface area contributed by atoms with Crippen LogP contribution in [0.5, 0.6) is 0 Å². The summed E-state index contributed by atoms with van der Waals surface area (Å²) in [5.41, 5.74) is 1.77. The van der Waals surface area contributed by atoms with Crippen molar-refractivity contribution < 1.29 is 4.79 Å². The van der Waals surface area contributed by atoms with Crippen molar-refractivity contribution in [1.82, 2.24) is 30.3 Å². The second-order valence-corrected chi connectivity index (χ2v) is 4.80. The Balaban J connectivity index is 1.55. The summed E-state index contributed by atoms with van der Waals surface area (Å²) in [5, 5.41) is 12.9. The topological polar surface area (TPSA) is 106 Å². The van der Waals surface area contributed by atoms with Crippen LogP contribution in [0.3, 0.4) is 0 Å². The van der Waals surface area contributed by atoms with Gasteiger partial charge in [0.05, 0.1) is 12.7 Å². The predicted octanol–water partition coefficient (Wildman–Crippen LogP) is 0.458. The lowest BCUT2D eigenvalue weighted by atomic mass is 10.2. The first-order valence-corrected chi connectivity index (χ1v) is 6.99. The van der Waals surface area contributed by atoms with E-state index < -0.39 is 0 Å². The summed E-state index contributed by atoms with van der Waals surface area (Å²) in [6.07, 6.45) is 7.13. The smallest absolute Gasteiger partial charge is 0.271 e. The zero-order valence-electron chi connectivity index (χ0n) is 12.1. The summed E-state index contributed by atoms with van der Waals surface area (Å²) in [7, 11) is 0. The number of aromatic amines is 1. The van der Waals surface area contributed by atoms with Gasteiger partial charge in [-0.05, 0) is 12.1 Å². The van der Waals surface area contributed by atoms with Gasteiger partial charge >= 0.3 is 0 Å². The molecule has 3 heterocycles. The van der Waals surface area contributed by atoms with Gasteiger partial charge in [0.25, 0.3) is 11.5 Å². The highest BCUT2D eigenvalue weighted by molar-refractivity contribution is 5.91. The number of carbonyl (C=O) groups excluding carboxylic acids is 1. The molecule has 0 fully saturated rings.